The SMILES string of the molecule is O=C(C1Cc2ccccc2O1)N(Cc1ccccc1)c1ccccc1. The quantitative estimate of drug-likeness (QED) is 0.717. The highest BCUT2D eigenvalue weighted by Gasteiger charge is 2.32. The zero-order chi connectivity index (χ0) is 17.1. The predicted molar refractivity (Wildman–Crippen MR) is 98.6 cm³/mol. The normalized spacial score (nSPS) is 15.3. The number of para-hydroxylation sites is 2. The van der Waals surface area contributed by atoms with Crippen molar-refractivity contribution in [1.29, 1.82) is 0 Å². The molecule has 3 nitrogen and oxygen atoms in total. The Bertz CT molecular complexity index is 836. The van der Waals surface area contributed by atoms with E-state index in [1.54, 1.807) is 0 Å². The molecule has 1 amide bonds. The molecule has 1 atom stereocenters. The number of benzene rings is 3. The molecule has 0 aromatic heterocycles. The van der Waals surface area contributed by atoms with Crippen LogP contribution in [-0.4, -0.2) is 12.0 Å². The summed E-state index contributed by atoms with van der Waals surface area (Å²) in [4.78, 5) is 15.0. The van der Waals surface area contributed by atoms with Crippen molar-refractivity contribution in [3.63, 3.8) is 0 Å². The summed E-state index contributed by atoms with van der Waals surface area (Å²) < 4.78 is 5.92. The summed E-state index contributed by atoms with van der Waals surface area (Å²) in [7, 11) is 0. The third kappa shape index (κ3) is 3.26. The van der Waals surface area contributed by atoms with Gasteiger partial charge in [-0.15, -0.1) is 0 Å². The van der Waals surface area contributed by atoms with E-state index in [0.29, 0.717) is 13.0 Å². The Labute approximate surface area is 147 Å². The van der Waals surface area contributed by atoms with Crippen molar-refractivity contribution >= 4 is 11.6 Å². The van der Waals surface area contributed by atoms with E-state index >= 15 is 0 Å². The van der Waals surface area contributed by atoms with Crippen molar-refractivity contribution in [2.75, 3.05) is 4.90 Å². The van der Waals surface area contributed by atoms with Crippen LogP contribution in [0.4, 0.5) is 5.69 Å². The first-order valence-corrected chi connectivity index (χ1v) is 8.46. The van der Waals surface area contributed by atoms with E-state index in [0.717, 1.165) is 22.6 Å². The van der Waals surface area contributed by atoms with Crippen molar-refractivity contribution in [1.82, 2.24) is 0 Å². The minimum atomic E-state index is -0.471. The summed E-state index contributed by atoms with van der Waals surface area (Å²) in [5.74, 6) is 0.805. The van der Waals surface area contributed by atoms with Crippen LogP contribution < -0.4 is 9.64 Å². The highest BCUT2D eigenvalue weighted by atomic mass is 16.5. The van der Waals surface area contributed by atoms with Crippen LogP contribution in [-0.2, 0) is 17.8 Å². The minimum absolute atomic E-state index is 0.00810. The second kappa shape index (κ2) is 6.81. The van der Waals surface area contributed by atoms with Gasteiger partial charge in [0.05, 0.1) is 6.54 Å². The Morgan fingerprint density at radius 1 is 0.880 bits per heavy atom. The molecule has 1 heterocycles. The minimum Gasteiger partial charge on any atom is -0.480 e. The van der Waals surface area contributed by atoms with Gasteiger partial charge in [0, 0.05) is 12.1 Å². The number of hydrogen-bond donors (Lipinski definition) is 0. The van der Waals surface area contributed by atoms with E-state index < -0.39 is 6.10 Å². The van der Waals surface area contributed by atoms with Gasteiger partial charge < -0.3 is 9.64 Å². The molecule has 0 N–H and O–H groups in total. The third-order valence-electron chi connectivity index (χ3n) is 4.44. The van der Waals surface area contributed by atoms with Crippen LogP contribution in [0.1, 0.15) is 11.1 Å². The van der Waals surface area contributed by atoms with Crippen molar-refractivity contribution < 1.29 is 9.53 Å². The van der Waals surface area contributed by atoms with Gasteiger partial charge in [0.2, 0.25) is 0 Å². The summed E-state index contributed by atoms with van der Waals surface area (Å²) in [5.41, 5.74) is 3.07. The molecule has 124 valence electrons. The van der Waals surface area contributed by atoms with Crippen molar-refractivity contribution in [3.05, 3.63) is 96.1 Å². The molecule has 25 heavy (non-hydrogen) atoms. The van der Waals surface area contributed by atoms with E-state index in [1.165, 1.54) is 0 Å². The van der Waals surface area contributed by atoms with Gasteiger partial charge in [0.15, 0.2) is 6.10 Å². The standard InChI is InChI=1S/C22H19NO2/c24-22(21-15-18-11-7-8-14-20(18)25-21)23(19-12-5-2-6-13-19)16-17-9-3-1-4-10-17/h1-14,21H,15-16H2. The topological polar surface area (TPSA) is 29.5 Å². The maximum absolute atomic E-state index is 13.2. The van der Waals surface area contributed by atoms with E-state index in [1.807, 2.05) is 89.8 Å². The Morgan fingerprint density at radius 2 is 1.52 bits per heavy atom. The van der Waals surface area contributed by atoms with Crippen molar-refractivity contribution in [2.24, 2.45) is 0 Å². The zero-order valence-electron chi connectivity index (χ0n) is 13.8. The molecule has 0 spiro atoms. The lowest BCUT2D eigenvalue weighted by molar-refractivity contribution is -0.124. The number of anilines is 1. The molecule has 0 bridgehead atoms. The van der Waals surface area contributed by atoms with Gasteiger partial charge >= 0.3 is 0 Å². The predicted octanol–water partition coefficient (Wildman–Crippen LogP) is 4.22. The number of carbonyl (C=O) groups is 1. The fourth-order valence-corrected chi connectivity index (χ4v) is 3.16. The van der Waals surface area contributed by atoms with E-state index in [9.17, 15) is 4.79 Å². The molecule has 3 aromatic rings. The van der Waals surface area contributed by atoms with Crippen molar-refractivity contribution in [2.45, 2.75) is 19.1 Å². The molecule has 1 unspecified atom stereocenters. The highest BCUT2D eigenvalue weighted by Crippen LogP contribution is 2.30. The van der Waals surface area contributed by atoms with Crippen LogP contribution in [0.3, 0.4) is 0 Å². The van der Waals surface area contributed by atoms with Crippen molar-refractivity contribution in [3.8, 4) is 5.75 Å². The summed E-state index contributed by atoms with van der Waals surface area (Å²) >= 11 is 0. The van der Waals surface area contributed by atoms with Gasteiger partial charge in [-0.25, -0.2) is 0 Å². The van der Waals surface area contributed by atoms with Gasteiger partial charge in [-0.05, 0) is 29.3 Å². The maximum Gasteiger partial charge on any atom is 0.268 e. The molecule has 3 heteroatoms. The summed E-state index contributed by atoms with van der Waals surface area (Å²) in [6, 6.07) is 27.7. The fraction of sp³-hybridized carbons (Fsp3) is 0.136. The van der Waals surface area contributed by atoms with Gasteiger partial charge in [-0.2, -0.15) is 0 Å². The van der Waals surface area contributed by atoms with E-state index in [2.05, 4.69) is 0 Å². The molecule has 0 aliphatic carbocycles. The number of hydrogen-bond acceptors (Lipinski definition) is 2. The first-order chi connectivity index (χ1) is 12.3. The molecule has 1 aliphatic rings. The molecular formula is C22H19NO2. The Morgan fingerprint density at radius 3 is 2.24 bits per heavy atom. The molecule has 0 saturated heterocycles. The average Bonchev–Trinajstić information content (AvgIpc) is 3.11. The van der Waals surface area contributed by atoms with Gasteiger partial charge in [-0.3, -0.25) is 4.79 Å². The second-order valence-electron chi connectivity index (χ2n) is 6.16. The molecule has 4 rings (SSSR count). The maximum atomic E-state index is 13.2. The monoisotopic (exact) mass is 329 g/mol. The third-order valence-corrected chi connectivity index (χ3v) is 4.44. The molecule has 0 radical (unpaired) electrons. The van der Waals surface area contributed by atoms with Gasteiger partial charge in [0.25, 0.3) is 5.91 Å². The molecule has 0 fully saturated rings. The van der Waals surface area contributed by atoms with Crippen LogP contribution in [0.15, 0.2) is 84.9 Å². The summed E-state index contributed by atoms with van der Waals surface area (Å²) in [5, 5.41) is 0. The Balaban J connectivity index is 1.61. The Kier molecular flexibility index (Phi) is 4.21. The van der Waals surface area contributed by atoms with Crippen LogP contribution in [0, 0.1) is 0 Å². The summed E-state index contributed by atoms with van der Waals surface area (Å²) in [6.45, 7) is 0.528. The Hall–Kier alpha value is -3.07. The second-order valence-corrected chi connectivity index (χ2v) is 6.16. The fourth-order valence-electron chi connectivity index (χ4n) is 3.16. The lowest BCUT2D eigenvalue weighted by Gasteiger charge is -2.25. The molecule has 3 aromatic carbocycles. The molecular weight excluding hydrogens is 310 g/mol. The van der Waals surface area contributed by atoms with Crippen LogP contribution in [0.25, 0.3) is 0 Å². The first-order valence-electron chi connectivity index (χ1n) is 8.46. The van der Waals surface area contributed by atoms with Crippen LogP contribution >= 0.6 is 0 Å². The number of ether oxygens (including phenoxy) is 1. The average molecular weight is 329 g/mol. The summed E-state index contributed by atoms with van der Waals surface area (Å²) in [6.07, 6.45) is 0.147. The van der Waals surface area contributed by atoms with E-state index in [-0.39, 0.29) is 5.91 Å². The molecule has 1 aliphatic heterocycles. The lowest BCUT2D eigenvalue weighted by atomic mass is 10.1. The van der Waals surface area contributed by atoms with Gasteiger partial charge in [0.1, 0.15) is 5.75 Å². The van der Waals surface area contributed by atoms with E-state index in [4.69, 9.17) is 4.74 Å². The zero-order valence-corrected chi connectivity index (χ0v) is 13.8. The van der Waals surface area contributed by atoms with Crippen LogP contribution in [0.5, 0.6) is 5.75 Å². The number of fused-ring (bicyclic) bond motifs is 1. The number of amides is 1. The largest absolute Gasteiger partial charge is 0.480 e. The van der Waals surface area contributed by atoms with Crippen LogP contribution in [0.2, 0.25) is 0 Å². The lowest BCUT2D eigenvalue weighted by Crippen LogP contribution is -2.41. The highest BCUT2D eigenvalue weighted by molar-refractivity contribution is 5.97. The number of carbonyl (C=O) groups excluding carboxylic acids is 1. The smallest absolute Gasteiger partial charge is 0.268 e. The first kappa shape index (κ1) is 15.5. The molecule has 0 saturated carbocycles. The van der Waals surface area contributed by atoms with Gasteiger partial charge in [-0.1, -0.05) is 66.7 Å². The number of nitrogens with zero attached hydrogens (tertiary/aromatic N) is 1. The number of rotatable bonds is 4.